The number of aromatic nitrogens is 2. The number of rotatable bonds is 4. The molecule has 4 N–H and O–H groups in total. The van der Waals surface area contributed by atoms with Crippen LogP contribution in [0.5, 0.6) is 0 Å². The van der Waals surface area contributed by atoms with Gasteiger partial charge in [0.2, 0.25) is 0 Å². The van der Waals surface area contributed by atoms with Crippen LogP contribution in [0.1, 0.15) is 27.9 Å². The van der Waals surface area contributed by atoms with Crippen molar-refractivity contribution in [1.82, 2.24) is 15.5 Å². The molecule has 0 saturated heterocycles. The number of aryl methyl sites for hydroxylation is 1. The molecule has 1 saturated carbocycles. The van der Waals surface area contributed by atoms with Crippen molar-refractivity contribution < 1.29 is 4.79 Å². The van der Waals surface area contributed by atoms with Gasteiger partial charge >= 0.3 is 0 Å². The van der Waals surface area contributed by atoms with Gasteiger partial charge in [-0.25, -0.2) is 0 Å². The quantitative estimate of drug-likeness (QED) is 0.687. The van der Waals surface area contributed by atoms with Crippen molar-refractivity contribution in [3.05, 3.63) is 77.6 Å². The molecule has 25 heavy (non-hydrogen) atoms. The zero-order valence-corrected chi connectivity index (χ0v) is 14.0. The zero-order valence-electron chi connectivity index (χ0n) is 14.0. The average Bonchev–Trinajstić information content (AvgIpc) is 3.03. The lowest BCUT2D eigenvalue weighted by Gasteiger charge is -2.19. The van der Waals surface area contributed by atoms with Gasteiger partial charge in [0.1, 0.15) is 0 Å². The number of aromatic amines is 1. The van der Waals surface area contributed by atoms with Crippen LogP contribution < -0.4 is 11.1 Å². The molecule has 2 atom stereocenters. The van der Waals surface area contributed by atoms with E-state index in [1.54, 1.807) is 6.20 Å². The second kappa shape index (κ2) is 5.86. The van der Waals surface area contributed by atoms with Crippen molar-refractivity contribution in [2.75, 3.05) is 0 Å². The number of amides is 1. The topological polar surface area (TPSA) is 83.8 Å². The molecule has 1 unspecified atom stereocenters. The van der Waals surface area contributed by atoms with Gasteiger partial charge in [0, 0.05) is 23.4 Å². The van der Waals surface area contributed by atoms with Crippen molar-refractivity contribution in [3.8, 4) is 11.1 Å². The van der Waals surface area contributed by atoms with E-state index in [-0.39, 0.29) is 11.9 Å². The molecule has 1 aromatic heterocycles. The molecule has 0 spiro atoms. The first-order chi connectivity index (χ1) is 12.1. The zero-order chi connectivity index (χ0) is 17.4. The molecule has 1 heterocycles. The molecule has 1 fully saturated rings. The minimum absolute atomic E-state index is 0.0508. The molecule has 0 aliphatic heterocycles. The van der Waals surface area contributed by atoms with Crippen LogP contribution in [0.3, 0.4) is 0 Å². The van der Waals surface area contributed by atoms with Crippen molar-refractivity contribution in [1.29, 1.82) is 0 Å². The third-order valence-corrected chi connectivity index (χ3v) is 4.94. The van der Waals surface area contributed by atoms with E-state index in [9.17, 15) is 4.79 Å². The standard InChI is InChI=1S/C20H20N4O/c1-13-9-14(7-8-17(13)15-11-22-23-12-15)19(25)24-20(10-18(20)21)16-5-3-2-4-6-16/h2-9,11-12,18H,10,21H2,1H3,(H,22,23)(H,24,25)/t18-,20?/m0/s1. The summed E-state index contributed by atoms with van der Waals surface area (Å²) in [5, 5.41) is 9.94. The summed E-state index contributed by atoms with van der Waals surface area (Å²) in [4.78, 5) is 12.8. The third-order valence-electron chi connectivity index (χ3n) is 4.94. The van der Waals surface area contributed by atoms with Crippen LogP contribution in [0.15, 0.2) is 60.9 Å². The third kappa shape index (κ3) is 2.72. The molecular formula is C20H20N4O. The maximum absolute atomic E-state index is 12.8. The number of hydrogen-bond acceptors (Lipinski definition) is 3. The van der Waals surface area contributed by atoms with Gasteiger partial charge in [-0.3, -0.25) is 9.89 Å². The molecule has 4 rings (SSSR count). The maximum atomic E-state index is 12.8. The van der Waals surface area contributed by atoms with E-state index in [2.05, 4.69) is 15.5 Å². The van der Waals surface area contributed by atoms with Crippen molar-refractivity contribution in [2.24, 2.45) is 5.73 Å². The van der Waals surface area contributed by atoms with E-state index in [1.165, 1.54) is 0 Å². The Morgan fingerprint density at radius 1 is 1.28 bits per heavy atom. The molecule has 1 amide bonds. The van der Waals surface area contributed by atoms with Crippen LogP contribution >= 0.6 is 0 Å². The summed E-state index contributed by atoms with van der Waals surface area (Å²) in [6.45, 7) is 1.99. The van der Waals surface area contributed by atoms with E-state index in [4.69, 9.17) is 5.73 Å². The monoisotopic (exact) mass is 332 g/mol. The highest BCUT2D eigenvalue weighted by Gasteiger charge is 2.54. The van der Waals surface area contributed by atoms with Gasteiger partial charge in [0.15, 0.2) is 0 Å². The predicted molar refractivity (Wildman–Crippen MR) is 96.9 cm³/mol. The molecule has 5 nitrogen and oxygen atoms in total. The SMILES string of the molecule is Cc1cc(C(=O)NC2(c3ccccc3)C[C@@H]2N)ccc1-c1cn[nH]c1. The van der Waals surface area contributed by atoms with Gasteiger partial charge in [-0.2, -0.15) is 5.10 Å². The Hall–Kier alpha value is -2.92. The number of carbonyl (C=O) groups is 1. The highest BCUT2D eigenvalue weighted by atomic mass is 16.1. The highest BCUT2D eigenvalue weighted by molar-refractivity contribution is 5.96. The number of nitrogens with zero attached hydrogens (tertiary/aromatic N) is 1. The Bertz CT molecular complexity index is 905. The van der Waals surface area contributed by atoms with Gasteiger partial charge < -0.3 is 11.1 Å². The summed E-state index contributed by atoms with van der Waals surface area (Å²) in [6.07, 6.45) is 4.38. The summed E-state index contributed by atoms with van der Waals surface area (Å²) < 4.78 is 0. The molecule has 126 valence electrons. The Balaban J connectivity index is 1.59. The first kappa shape index (κ1) is 15.6. The van der Waals surface area contributed by atoms with Crippen molar-refractivity contribution in [3.63, 3.8) is 0 Å². The van der Waals surface area contributed by atoms with Crippen LogP contribution in [0, 0.1) is 6.92 Å². The summed E-state index contributed by atoms with van der Waals surface area (Å²) in [5.74, 6) is -0.0985. The minimum Gasteiger partial charge on any atom is -0.341 e. The van der Waals surface area contributed by atoms with E-state index in [1.807, 2.05) is 61.7 Å². The Kier molecular flexibility index (Phi) is 3.66. The van der Waals surface area contributed by atoms with Crippen LogP contribution in [0.4, 0.5) is 0 Å². The second-order valence-corrected chi connectivity index (χ2v) is 6.62. The molecule has 1 aliphatic rings. The summed E-state index contributed by atoms with van der Waals surface area (Å²) >= 11 is 0. The van der Waals surface area contributed by atoms with Crippen LogP contribution in [0.25, 0.3) is 11.1 Å². The second-order valence-electron chi connectivity index (χ2n) is 6.62. The van der Waals surface area contributed by atoms with E-state index in [0.717, 1.165) is 28.7 Å². The van der Waals surface area contributed by atoms with Gasteiger partial charge in [0.25, 0.3) is 5.91 Å². The van der Waals surface area contributed by atoms with Crippen molar-refractivity contribution in [2.45, 2.75) is 24.9 Å². The van der Waals surface area contributed by atoms with E-state index in [0.29, 0.717) is 5.56 Å². The number of hydrogen-bond donors (Lipinski definition) is 3. The normalized spacial score (nSPS) is 21.8. The lowest BCUT2D eigenvalue weighted by Crippen LogP contribution is -2.39. The Labute approximate surface area is 146 Å². The lowest BCUT2D eigenvalue weighted by molar-refractivity contribution is 0.0929. The highest BCUT2D eigenvalue weighted by Crippen LogP contribution is 2.44. The molecule has 3 aromatic rings. The largest absolute Gasteiger partial charge is 0.341 e. The fourth-order valence-corrected chi connectivity index (χ4v) is 3.37. The number of benzene rings is 2. The average molecular weight is 332 g/mol. The molecular weight excluding hydrogens is 312 g/mol. The number of H-pyrrole nitrogens is 1. The molecule has 5 heteroatoms. The molecule has 2 aromatic carbocycles. The fourth-order valence-electron chi connectivity index (χ4n) is 3.37. The summed E-state index contributed by atoms with van der Waals surface area (Å²) in [5.41, 5.74) is 10.5. The first-order valence-corrected chi connectivity index (χ1v) is 8.33. The number of nitrogens with one attached hydrogen (secondary N) is 2. The van der Waals surface area contributed by atoms with Crippen LogP contribution in [0.2, 0.25) is 0 Å². The van der Waals surface area contributed by atoms with Crippen molar-refractivity contribution >= 4 is 5.91 Å². The van der Waals surface area contributed by atoms with E-state index >= 15 is 0 Å². The van der Waals surface area contributed by atoms with Gasteiger partial charge in [0.05, 0.1) is 11.7 Å². The Morgan fingerprint density at radius 3 is 2.64 bits per heavy atom. The van der Waals surface area contributed by atoms with Crippen LogP contribution in [-0.2, 0) is 5.54 Å². The Morgan fingerprint density at radius 2 is 2.04 bits per heavy atom. The maximum Gasteiger partial charge on any atom is 0.252 e. The summed E-state index contributed by atoms with van der Waals surface area (Å²) in [7, 11) is 0. The van der Waals surface area contributed by atoms with Crippen LogP contribution in [-0.4, -0.2) is 22.1 Å². The minimum atomic E-state index is -0.449. The molecule has 0 bridgehead atoms. The summed E-state index contributed by atoms with van der Waals surface area (Å²) in [6, 6.07) is 15.6. The van der Waals surface area contributed by atoms with Gasteiger partial charge in [-0.1, -0.05) is 36.4 Å². The number of nitrogens with two attached hydrogens (primary N) is 1. The fraction of sp³-hybridized carbons (Fsp3) is 0.200. The molecule has 0 radical (unpaired) electrons. The van der Waals surface area contributed by atoms with Gasteiger partial charge in [-0.05, 0) is 42.2 Å². The first-order valence-electron chi connectivity index (χ1n) is 8.33. The molecule has 1 aliphatic carbocycles. The predicted octanol–water partition coefficient (Wildman–Crippen LogP) is 2.74. The number of carbonyl (C=O) groups excluding carboxylic acids is 1. The smallest absolute Gasteiger partial charge is 0.252 e. The lowest BCUT2D eigenvalue weighted by atomic mass is 9.99. The van der Waals surface area contributed by atoms with Gasteiger partial charge in [-0.15, -0.1) is 0 Å². The van der Waals surface area contributed by atoms with E-state index < -0.39 is 5.54 Å².